The number of carbonyl (C=O) groups is 1. The first kappa shape index (κ1) is 16.1. The summed E-state index contributed by atoms with van der Waals surface area (Å²) in [5, 5.41) is 0.968. The summed E-state index contributed by atoms with van der Waals surface area (Å²) >= 11 is 0. The SMILES string of the molecule is COC(=O)c1nc(Cc2cccc(C)c2)oc1-c1c[nH]c2ccccc12. The molecule has 5 nitrogen and oxygen atoms in total. The third-order valence-electron chi connectivity index (χ3n) is 4.32. The van der Waals surface area contributed by atoms with E-state index in [1.54, 1.807) is 0 Å². The predicted octanol–water partition coefficient (Wildman–Crippen LogP) is 4.51. The summed E-state index contributed by atoms with van der Waals surface area (Å²) in [4.78, 5) is 19.8. The number of ether oxygens (including phenoxy) is 1. The van der Waals surface area contributed by atoms with Crippen LogP contribution in [0.25, 0.3) is 22.2 Å². The van der Waals surface area contributed by atoms with Gasteiger partial charge in [0.25, 0.3) is 0 Å². The lowest BCUT2D eigenvalue weighted by Crippen LogP contribution is -2.03. The number of esters is 1. The number of aromatic nitrogens is 2. The van der Waals surface area contributed by atoms with E-state index < -0.39 is 5.97 Å². The van der Waals surface area contributed by atoms with Crippen LogP contribution < -0.4 is 0 Å². The number of methoxy groups -OCH3 is 1. The molecule has 0 aliphatic heterocycles. The van der Waals surface area contributed by atoms with Crippen LogP contribution in [0.15, 0.2) is 59.1 Å². The van der Waals surface area contributed by atoms with Crippen LogP contribution in [-0.4, -0.2) is 23.0 Å². The van der Waals surface area contributed by atoms with Crippen LogP contribution in [0, 0.1) is 6.92 Å². The normalized spacial score (nSPS) is 11.0. The second-order valence-corrected chi connectivity index (χ2v) is 6.19. The quantitative estimate of drug-likeness (QED) is 0.552. The van der Waals surface area contributed by atoms with Crippen LogP contribution >= 0.6 is 0 Å². The fourth-order valence-electron chi connectivity index (χ4n) is 3.11. The number of rotatable bonds is 4. The molecule has 1 N–H and O–H groups in total. The third-order valence-corrected chi connectivity index (χ3v) is 4.32. The van der Waals surface area contributed by atoms with Gasteiger partial charge < -0.3 is 14.1 Å². The Kier molecular flexibility index (Phi) is 4.05. The zero-order valence-electron chi connectivity index (χ0n) is 14.6. The lowest BCUT2D eigenvalue weighted by molar-refractivity contribution is 0.0595. The Balaban J connectivity index is 1.80. The van der Waals surface area contributed by atoms with E-state index >= 15 is 0 Å². The number of para-hydroxylation sites is 1. The highest BCUT2D eigenvalue weighted by molar-refractivity contribution is 6.00. The van der Waals surface area contributed by atoms with Gasteiger partial charge in [-0.1, -0.05) is 48.0 Å². The van der Waals surface area contributed by atoms with Gasteiger partial charge in [0.2, 0.25) is 0 Å². The molecule has 5 heteroatoms. The summed E-state index contributed by atoms with van der Waals surface area (Å²) < 4.78 is 10.9. The summed E-state index contributed by atoms with van der Waals surface area (Å²) in [6, 6.07) is 16.0. The van der Waals surface area contributed by atoms with Crippen LogP contribution in [0.5, 0.6) is 0 Å². The molecular weight excluding hydrogens is 328 g/mol. The van der Waals surface area contributed by atoms with Crippen LogP contribution in [0.3, 0.4) is 0 Å². The first-order valence-electron chi connectivity index (χ1n) is 8.36. The fourth-order valence-corrected chi connectivity index (χ4v) is 3.11. The van der Waals surface area contributed by atoms with Crippen molar-refractivity contribution in [3.8, 4) is 11.3 Å². The van der Waals surface area contributed by atoms with Gasteiger partial charge in [0.05, 0.1) is 7.11 Å². The van der Waals surface area contributed by atoms with Crippen molar-refractivity contribution in [2.75, 3.05) is 7.11 Å². The number of oxazole rings is 1. The Morgan fingerprint density at radius 3 is 2.85 bits per heavy atom. The van der Waals surface area contributed by atoms with Gasteiger partial charge in [0.1, 0.15) is 0 Å². The monoisotopic (exact) mass is 346 g/mol. The summed E-state index contributed by atoms with van der Waals surface area (Å²) in [6.45, 7) is 2.04. The van der Waals surface area contributed by atoms with Crippen molar-refractivity contribution < 1.29 is 13.9 Å². The summed E-state index contributed by atoms with van der Waals surface area (Å²) in [7, 11) is 1.34. The van der Waals surface area contributed by atoms with Crippen molar-refractivity contribution in [3.63, 3.8) is 0 Å². The Morgan fingerprint density at radius 2 is 2.04 bits per heavy atom. The van der Waals surface area contributed by atoms with Gasteiger partial charge in [-0.05, 0) is 18.6 Å². The molecule has 0 spiro atoms. The maximum Gasteiger partial charge on any atom is 0.360 e. The third kappa shape index (κ3) is 2.88. The standard InChI is InChI=1S/C21H18N2O3/c1-13-6-5-7-14(10-13)11-18-23-19(21(24)25-2)20(26-18)16-12-22-17-9-4-3-8-15(16)17/h3-10,12,22H,11H2,1-2H3. The molecule has 0 atom stereocenters. The minimum atomic E-state index is -0.510. The molecule has 2 aromatic heterocycles. The smallest absolute Gasteiger partial charge is 0.360 e. The van der Waals surface area contributed by atoms with Gasteiger partial charge in [0.15, 0.2) is 17.3 Å². The van der Waals surface area contributed by atoms with Crippen molar-refractivity contribution in [1.82, 2.24) is 9.97 Å². The largest absolute Gasteiger partial charge is 0.464 e. The van der Waals surface area contributed by atoms with E-state index in [0.29, 0.717) is 18.1 Å². The van der Waals surface area contributed by atoms with E-state index in [1.165, 1.54) is 12.7 Å². The van der Waals surface area contributed by atoms with Crippen molar-refractivity contribution in [3.05, 3.63) is 77.4 Å². The maximum atomic E-state index is 12.2. The van der Waals surface area contributed by atoms with Gasteiger partial charge in [-0.25, -0.2) is 9.78 Å². The number of aryl methyl sites for hydroxylation is 1. The zero-order chi connectivity index (χ0) is 18.1. The molecule has 0 aliphatic rings. The number of fused-ring (bicyclic) bond motifs is 1. The first-order valence-corrected chi connectivity index (χ1v) is 8.36. The maximum absolute atomic E-state index is 12.2. The highest BCUT2D eigenvalue weighted by Gasteiger charge is 2.24. The first-order chi connectivity index (χ1) is 12.7. The van der Waals surface area contributed by atoms with Gasteiger partial charge in [-0.3, -0.25) is 0 Å². The molecule has 0 radical (unpaired) electrons. The Labute approximate surface area is 150 Å². The van der Waals surface area contributed by atoms with Crippen molar-refractivity contribution in [2.45, 2.75) is 13.3 Å². The number of aromatic amines is 1. The Bertz CT molecular complexity index is 1090. The minimum Gasteiger partial charge on any atom is -0.464 e. The number of carbonyl (C=O) groups excluding carboxylic acids is 1. The summed E-state index contributed by atoms with van der Waals surface area (Å²) in [5.41, 5.74) is 4.20. The molecule has 0 saturated carbocycles. The fraction of sp³-hybridized carbons (Fsp3) is 0.143. The average molecular weight is 346 g/mol. The van der Waals surface area contributed by atoms with E-state index in [-0.39, 0.29) is 5.69 Å². The molecule has 2 aromatic carbocycles. The molecule has 2 heterocycles. The Morgan fingerprint density at radius 1 is 1.19 bits per heavy atom. The van der Waals surface area contributed by atoms with Crippen LogP contribution in [0.4, 0.5) is 0 Å². The van der Waals surface area contributed by atoms with Crippen molar-refractivity contribution >= 4 is 16.9 Å². The van der Waals surface area contributed by atoms with E-state index in [9.17, 15) is 4.79 Å². The predicted molar refractivity (Wildman–Crippen MR) is 99.1 cm³/mol. The van der Waals surface area contributed by atoms with Crippen molar-refractivity contribution in [1.29, 1.82) is 0 Å². The average Bonchev–Trinajstić information content (AvgIpc) is 3.25. The van der Waals surface area contributed by atoms with Gasteiger partial charge in [-0.15, -0.1) is 0 Å². The van der Waals surface area contributed by atoms with Crippen molar-refractivity contribution in [2.24, 2.45) is 0 Å². The molecule has 0 aliphatic carbocycles. The van der Waals surface area contributed by atoms with Crippen LogP contribution in [0.2, 0.25) is 0 Å². The molecule has 4 rings (SSSR count). The highest BCUT2D eigenvalue weighted by atomic mass is 16.5. The molecule has 130 valence electrons. The summed E-state index contributed by atoms with van der Waals surface area (Å²) in [6.07, 6.45) is 2.34. The van der Waals surface area contributed by atoms with Crippen LogP contribution in [0.1, 0.15) is 27.5 Å². The number of nitrogens with one attached hydrogen (secondary N) is 1. The molecular formula is C21H18N2O3. The molecule has 0 bridgehead atoms. The molecule has 4 aromatic rings. The second kappa shape index (κ2) is 6.52. The Hall–Kier alpha value is -3.34. The number of hydrogen-bond acceptors (Lipinski definition) is 4. The van der Waals surface area contributed by atoms with Gasteiger partial charge in [-0.2, -0.15) is 0 Å². The topological polar surface area (TPSA) is 68.1 Å². The highest BCUT2D eigenvalue weighted by Crippen LogP contribution is 2.32. The number of H-pyrrole nitrogens is 1. The molecule has 26 heavy (non-hydrogen) atoms. The number of hydrogen-bond donors (Lipinski definition) is 1. The van der Waals surface area contributed by atoms with E-state index in [2.05, 4.69) is 16.0 Å². The zero-order valence-corrected chi connectivity index (χ0v) is 14.6. The van der Waals surface area contributed by atoms with E-state index in [4.69, 9.17) is 9.15 Å². The lowest BCUT2D eigenvalue weighted by Gasteiger charge is -1.99. The number of nitrogens with zero attached hydrogens (tertiary/aromatic N) is 1. The van der Waals surface area contributed by atoms with E-state index in [1.807, 2.05) is 55.6 Å². The molecule has 0 unspecified atom stereocenters. The van der Waals surface area contributed by atoms with E-state index in [0.717, 1.165) is 22.0 Å². The summed E-state index contributed by atoms with van der Waals surface area (Å²) in [5.74, 6) is 0.401. The van der Waals surface area contributed by atoms with Gasteiger partial charge in [0, 0.05) is 29.1 Å². The van der Waals surface area contributed by atoms with Gasteiger partial charge >= 0.3 is 5.97 Å². The number of benzene rings is 2. The molecule has 0 amide bonds. The lowest BCUT2D eigenvalue weighted by atomic mass is 10.1. The minimum absolute atomic E-state index is 0.194. The molecule has 0 fully saturated rings. The van der Waals surface area contributed by atoms with Crippen LogP contribution in [-0.2, 0) is 11.2 Å². The second-order valence-electron chi connectivity index (χ2n) is 6.19. The molecule has 0 saturated heterocycles.